The van der Waals surface area contributed by atoms with Crippen LogP contribution in [0.4, 0.5) is 0 Å². The molecule has 1 fully saturated rings. The van der Waals surface area contributed by atoms with Crippen LogP contribution in [0.15, 0.2) is 96.4 Å². The Labute approximate surface area is 239 Å². The summed E-state index contributed by atoms with van der Waals surface area (Å²) in [5.41, 5.74) is 5.97. The third kappa shape index (κ3) is 6.95. The number of hydrogen-bond donors (Lipinski definition) is 2. The summed E-state index contributed by atoms with van der Waals surface area (Å²) in [6, 6.07) is 26.1. The number of thioether (sulfide) groups is 1. The molecule has 0 unspecified atom stereocenters. The number of nitrogens with zero attached hydrogens (tertiary/aromatic N) is 2. The molecule has 0 spiro atoms. The van der Waals surface area contributed by atoms with Crippen LogP contribution in [0.25, 0.3) is 11.1 Å². The van der Waals surface area contributed by atoms with E-state index in [4.69, 9.17) is 9.47 Å². The molecule has 2 heterocycles. The number of nitrogens with one attached hydrogen (secondary N) is 1. The monoisotopic (exact) mass is 555 g/mol. The van der Waals surface area contributed by atoms with Crippen molar-refractivity contribution in [1.29, 1.82) is 0 Å². The number of aromatic nitrogens is 2. The molecule has 4 atom stereocenters. The smallest absolute Gasteiger partial charge is 0.217 e. The second kappa shape index (κ2) is 13.2. The Morgan fingerprint density at radius 3 is 2.35 bits per heavy atom. The molecule has 5 rings (SSSR count). The fourth-order valence-corrected chi connectivity index (χ4v) is 5.74. The maximum atomic E-state index is 11.4. The van der Waals surface area contributed by atoms with Crippen LogP contribution >= 0.6 is 11.8 Å². The van der Waals surface area contributed by atoms with E-state index >= 15 is 0 Å². The summed E-state index contributed by atoms with van der Waals surface area (Å²) in [4.78, 5) is 20.1. The predicted molar refractivity (Wildman–Crippen MR) is 155 cm³/mol. The number of amides is 1. The fourth-order valence-electron chi connectivity index (χ4n) is 4.78. The van der Waals surface area contributed by atoms with Crippen LogP contribution < -0.4 is 5.32 Å². The van der Waals surface area contributed by atoms with Gasteiger partial charge in [-0.25, -0.2) is 9.97 Å². The largest absolute Gasteiger partial charge is 0.392 e. The number of ether oxygens (including phenoxy) is 2. The third-order valence-corrected chi connectivity index (χ3v) is 7.97. The molecule has 40 heavy (non-hydrogen) atoms. The first-order chi connectivity index (χ1) is 19.5. The summed E-state index contributed by atoms with van der Waals surface area (Å²) in [7, 11) is 0. The Bertz CT molecular complexity index is 1420. The molecular formula is C32H33N3O4S. The van der Waals surface area contributed by atoms with Crippen molar-refractivity contribution in [2.24, 2.45) is 5.92 Å². The zero-order chi connectivity index (χ0) is 27.9. The number of carbonyl (C=O) groups is 1. The summed E-state index contributed by atoms with van der Waals surface area (Å²) in [6.45, 7) is 4.15. The molecule has 0 radical (unpaired) electrons. The normalized spacial score (nSPS) is 20.7. The average molecular weight is 556 g/mol. The quantitative estimate of drug-likeness (QED) is 0.197. The fraction of sp³-hybridized carbons (Fsp3) is 0.281. The molecule has 8 heteroatoms. The minimum Gasteiger partial charge on any atom is -0.392 e. The van der Waals surface area contributed by atoms with E-state index in [1.165, 1.54) is 6.92 Å². The van der Waals surface area contributed by atoms with Crippen LogP contribution in [0.3, 0.4) is 0 Å². The molecule has 1 aliphatic rings. The summed E-state index contributed by atoms with van der Waals surface area (Å²) < 4.78 is 13.2. The molecule has 2 N–H and O–H groups in total. The van der Waals surface area contributed by atoms with Crippen molar-refractivity contribution in [3.05, 3.63) is 114 Å². The molecule has 1 amide bonds. The maximum Gasteiger partial charge on any atom is 0.217 e. The van der Waals surface area contributed by atoms with Crippen molar-refractivity contribution in [2.75, 3.05) is 5.75 Å². The number of rotatable bonds is 9. The van der Waals surface area contributed by atoms with E-state index in [1.807, 2.05) is 54.6 Å². The van der Waals surface area contributed by atoms with Gasteiger partial charge in [0, 0.05) is 43.1 Å². The first-order valence-electron chi connectivity index (χ1n) is 13.3. The zero-order valence-electron chi connectivity index (χ0n) is 22.6. The molecule has 0 saturated carbocycles. The molecule has 0 bridgehead atoms. The minimum atomic E-state index is -0.566. The van der Waals surface area contributed by atoms with Crippen molar-refractivity contribution in [3.8, 4) is 11.1 Å². The van der Waals surface area contributed by atoms with Crippen molar-refractivity contribution >= 4 is 17.7 Å². The molecule has 7 nitrogen and oxygen atoms in total. The predicted octanol–water partition coefficient (Wildman–Crippen LogP) is 5.86. The van der Waals surface area contributed by atoms with E-state index in [0.717, 1.165) is 33.4 Å². The van der Waals surface area contributed by atoms with Gasteiger partial charge in [-0.1, -0.05) is 79.3 Å². The van der Waals surface area contributed by atoms with Gasteiger partial charge < -0.3 is 19.9 Å². The Morgan fingerprint density at radius 1 is 0.900 bits per heavy atom. The molecule has 1 aromatic heterocycles. The van der Waals surface area contributed by atoms with Gasteiger partial charge in [0.2, 0.25) is 5.91 Å². The van der Waals surface area contributed by atoms with Crippen LogP contribution in [-0.4, -0.2) is 32.8 Å². The lowest BCUT2D eigenvalue weighted by molar-refractivity contribution is -0.268. The van der Waals surface area contributed by atoms with E-state index in [-0.39, 0.29) is 30.6 Å². The lowest BCUT2D eigenvalue weighted by Gasteiger charge is -2.41. The number of benzene rings is 3. The standard InChI is InChI=1S/C32H33N3O4S/c1-21-29(20-40-32-33-14-5-15-34-32)38-31(39-30(21)25-12-10-23(19-36)11-13-25)28-9-4-8-27(17-28)26-7-3-6-24(16-26)18-35-22(2)37/h3-17,21,29-31,36H,18-20H2,1-2H3,(H,35,37)/t21-,29+,30+,31+/m1/s1. The van der Waals surface area contributed by atoms with Crippen LogP contribution in [-0.2, 0) is 27.4 Å². The summed E-state index contributed by atoms with van der Waals surface area (Å²) in [5, 5.41) is 13.1. The van der Waals surface area contributed by atoms with Crippen LogP contribution in [0.2, 0.25) is 0 Å². The Kier molecular flexibility index (Phi) is 9.23. The second-order valence-electron chi connectivity index (χ2n) is 9.90. The number of aliphatic hydroxyl groups is 1. The van der Waals surface area contributed by atoms with Gasteiger partial charge >= 0.3 is 0 Å². The van der Waals surface area contributed by atoms with E-state index in [9.17, 15) is 9.90 Å². The number of hydrogen-bond acceptors (Lipinski definition) is 7. The third-order valence-electron chi connectivity index (χ3n) is 7.00. The summed E-state index contributed by atoms with van der Waals surface area (Å²) >= 11 is 1.57. The average Bonchev–Trinajstić information content (AvgIpc) is 3.00. The van der Waals surface area contributed by atoms with E-state index < -0.39 is 6.29 Å². The Hall–Kier alpha value is -3.56. The van der Waals surface area contributed by atoms with Gasteiger partial charge in [0.1, 0.15) is 0 Å². The highest BCUT2D eigenvalue weighted by atomic mass is 32.2. The van der Waals surface area contributed by atoms with E-state index in [1.54, 1.807) is 24.2 Å². The highest BCUT2D eigenvalue weighted by Crippen LogP contribution is 2.43. The van der Waals surface area contributed by atoms with Crippen molar-refractivity contribution < 1.29 is 19.4 Å². The van der Waals surface area contributed by atoms with E-state index in [0.29, 0.717) is 17.5 Å². The van der Waals surface area contributed by atoms with Crippen molar-refractivity contribution in [1.82, 2.24) is 15.3 Å². The van der Waals surface area contributed by atoms with Gasteiger partial charge in [0.25, 0.3) is 0 Å². The van der Waals surface area contributed by atoms with Gasteiger partial charge in [0.05, 0.1) is 18.8 Å². The number of carbonyl (C=O) groups excluding carboxylic acids is 1. The molecule has 4 aromatic rings. The molecule has 0 aliphatic carbocycles. The Balaban J connectivity index is 1.41. The van der Waals surface area contributed by atoms with E-state index in [2.05, 4.69) is 46.5 Å². The van der Waals surface area contributed by atoms with Gasteiger partial charge in [-0.15, -0.1) is 0 Å². The highest BCUT2D eigenvalue weighted by molar-refractivity contribution is 7.99. The van der Waals surface area contributed by atoms with Gasteiger partial charge in [-0.2, -0.15) is 0 Å². The van der Waals surface area contributed by atoms with Gasteiger partial charge in [0.15, 0.2) is 11.4 Å². The lowest BCUT2D eigenvalue weighted by Crippen LogP contribution is -2.38. The SMILES string of the molecule is CC(=O)NCc1cccc(-c2cccc([C@H]3O[C@@H](CSc4ncccn4)[C@@H](C)[C@@H](c4ccc(CO)cc4)O3)c2)c1. The van der Waals surface area contributed by atoms with Gasteiger partial charge in [-0.05, 0) is 46.0 Å². The molecule has 1 aliphatic heterocycles. The summed E-state index contributed by atoms with van der Waals surface area (Å²) in [6.07, 6.45) is 2.62. The lowest BCUT2D eigenvalue weighted by atomic mass is 9.91. The molecule has 3 aromatic carbocycles. The second-order valence-corrected chi connectivity index (χ2v) is 10.9. The highest BCUT2D eigenvalue weighted by Gasteiger charge is 2.38. The first kappa shape index (κ1) is 28.0. The minimum absolute atomic E-state index is 0.00222. The van der Waals surface area contributed by atoms with Crippen molar-refractivity contribution in [2.45, 2.75) is 50.7 Å². The maximum absolute atomic E-state index is 11.4. The van der Waals surface area contributed by atoms with Crippen LogP contribution in [0.1, 0.15) is 48.5 Å². The Morgan fingerprint density at radius 2 is 1.62 bits per heavy atom. The van der Waals surface area contributed by atoms with Crippen LogP contribution in [0, 0.1) is 5.92 Å². The molecule has 1 saturated heterocycles. The first-order valence-corrected chi connectivity index (χ1v) is 14.3. The zero-order valence-corrected chi connectivity index (χ0v) is 23.4. The molecule has 206 valence electrons. The summed E-state index contributed by atoms with van der Waals surface area (Å²) in [5.74, 6) is 0.697. The van der Waals surface area contributed by atoms with Crippen LogP contribution in [0.5, 0.6) is 0 Å². The number of aliphatic hydroxyl groups excluding tert-OH is 1. The van der Waals surface area contributed by atoms with Crippen molar-refractivity contribution in [3.63, 3.8) is 0 Å². The molecular weight excluding hydrogens is 522 g/mol. The van der Waals surface area contributed by atoms with Gasteiger partial charge in [-0.3, -0.25) is 4.79 Å². The topological polar surface area (TPSA) is 93.6 Å².